The number of aryl methyl sites for hydroxylation is 2. The Balaban J connectivity index is 2.37. The van der Waals surface area contributed by atoms with Crippen LogP contribution in [0.15, 0.2) is 18.2 Å². The van der Waals surface area contributed by atoms with Crippen molar-refractivity contribution in [3.05, 3.63) is 29.3 Å². The molecule has 2 rings (SSSR count). The Kier molecular flexibility index (Phi) is 2.19. The van der Waals surface area contributed by atoms with Crippen LogP contribution in [0, 0.1) is 13.8 Å². The summed E-state index contributed by atoms with van der Waals surface area (Å²) in [6.45, 7) is 3.91. The average molecular weight is 204 g/mol. The number of carbonyl (C=O) groups is 2. The van der Waals surface area contributed by atoms with E-state index in [-0.39, 0.29) is 18.2 Å². The number of hydrogen-bond acceptors (Lipinski definition) is 2. The van der Waals surface area contributed by atoms with Crippen molar-refractivity contribution in [3.8, 4) is 0 Å². The monoisotopic (exact) mass is 204 g/mol. The molecule has 0 spiro atoms. The van der Waals surface area contributed by atoms with E-state index < -0.39 is 0 Å². The lowest BCUT2D eigenvalue weighted by Crippen LogP contribution is -2.35. The van der Waals surface area contributed by atoms with E-state index >= 15 is 0 Å². The lowest BCUT2D eigenvalue weighted by atomic mass is 10.1. The number of anilines is 1. The zero-order valence-corrected chi connectivity index (χ0v) is 8.70. The van der Waals surface area contributed by atoms with E-state index in [2.05, 4.69) is 5.43 Å². The standard InChI is InChI=1S/C11H12N2O2/c1-7-3-8(2)5-9(4-7)13-11(15)6-10(14)12-13/h3-5H,6H2,1-2H3,(H,12,14). The van der Waals surface area contributed by atoms with Gasteiger partial charge in [-0.1, -0.05) is 6.07 Å². The van der Waals surface area contributed by atoms with Gasteiger partial charge in [-0.2, -0.15) is 0 Å². The van der Waals surface area contributed by atoms with Crippen LogP contribution in [0.2, 0.25) is 0 Å². The molecule has 15 heavy (non-hydrogen) atoms. The van der Waals surface area contributed by atoms with E-state index in [1.807, 2.05) is 32.0 Å². The Bertz CT molecular complexity index is 420. The molecule has 1 aliphatic heterocycles. The van der Waals surface area contributed by atoms with Gasteiger partial charge in [0.05, 0.1) is 5.69 Å². The normalized spacial score (nSPS) is 15.7. The van der Waals surface area contributed by atoms with E-state index in [1.54, 1.807) is 0 Å². The van der Waals surface area contributed by atoms with Crippen molar-refractivity contribution < 1.29 is 9.59 Å². The quantitative estimate of drug-likeness (QED) is 0.696. The highest BCUT2D eigenvalue weighted by molar-refractivity contribution is 6.11. The summed E-state index contributed by atoms with van der Waals surface area (Å²) in [7, 11) is 0. The lowest BCUT2D eigenvalue weighted by Gasteiger charge is -2.16. The Morgan fingerprint density at radius 2 is 1.73 bits per heavy atom. The molecule has 0 atom stereocenters. The molecule has 0 saturated carbocycles. The summed E-state index contributed by atoms with van der Waals surface area (Å²) in [6.07, 6.45) is -0.0625. The highest BCUT2D eigenvalue weighted by Crippen LogP contribution is 2.20. The zero-order valence-electron chi connectivity index (χ0n) is 8.70. The van der Waals surface area contributed by atoms with Crippen molar-refractivity contribution >= 4 is 17.5 Å². The van der Waals surface area contributed by atoms with Crippen LogP contribution >= 0.6 is 0 Å². The summed E-state index contributed by atoms with van der Waals surface area (Å²) in [5.41, 5.74) is 5.38. The van der Waals surface area contributed by atoms with Crippen LogP contribution in [0.25, 0.3) is 0 Å². The number of nitrogens with one attached hydrogen (secondary N) is 1. The molecular formula is C11H12N2O2. The fourth-order valence-corrected chi connectivity index (χ4v) is 1.73. The number of amides is 2. The second kappa shape index (κ2) is 3.38. The molecule has 0 bridgehead atoms. The maximum absolute atomic E-state index is 11.5. The molecule has 0 radical (unpaired) electrons. The van der Waals surface area contributed by atoms with Crippen molar-refractivity contribution in [2.45, 2.75) is 20.3 Å². The number of carbonyl (C=O) groups excluding carboxylic acids is 2. The van der Waals surface area contributed by atoms with E-state index in [9.17, 15) is 9.59 Å². The highest BCUT2D eigenvalue weighted by atomic mass is 16.2. The number of hydrazine groups is 1. The Labute approximate surface area is 87.9 Å². The molecule has 1 aliphatic rings. The van der Waals surface area contributed by atoms with E-state index in [1.165, 1.54) is 5.01 Å². The largest absolute Gasteiger partial charge is 0.273 e. The minimum Gasteiger partial charge on any atom is -0.273 e. The molecular weight excluding hydrogens is 192 g/mol. The topological polar surface area (TPSA) is 49.4 Å². The van der Waals surface area contributed by atoms with Gasteiger partial charge in [-0.15, -0.1) is 0 Å². The highest BCUT2D eigenvalue weighted by Gasteiger charge is 2.28. The fraction of sp³-hybridized carbons (Fsp3) is 0.273. The third-order valence-corrected chi connectivity index (χ3v) is 2.26. The lowest BCUT2D eigenvalue weighted by molar-refractivity contribution is -0.122. The number of hydrogen-bond donors (Lipinski definition) is 1. The first-order valence-corrected chi connectivity index (χ1v) is 4.77. The smallest absolute Gasteiger partial charge is 0.255 e. The van der Waals surface area contributed by atoms with Gasteiger partial charge in [0.2, 0.25) is 5.91 Å². The molecule has 1 N–H and O–H groups in total. The maximum Gasteiger partial charge on any atom is 0.255 e. The van der Waals surface area contributed by atoms with Crippen molar-refractivity contribution in [1.82, 2.24) is 5.43 Å². The molecule has 1 fully saturated rings. The summed E-state index contributed by atoms with van der Waals surface area (Å²) in [4.78, 5) is 22.5. The molecule has 78 valence electrons. The summed E-state index contributed by atoms with van der Waals surface area (Å²) < 4.78 is 0. The minimum absolute atomic E-state index is 0.0625. The molecule has 1 saturated heterocycles. The minimum atomic E-state index is -0.251. The second-order valence-electron chi connectivity index (χ2n) is 3.79. The van der Waals surface area contributed by atoms with Crippen molar-refractivity contribution in [2.24, 2.45) is 0 Å². The first-order chi connectivity index (χ1) is 7.06. The van der Waals surface area contributed by atoms with Crippen LogP contribution in [-0.4, -0.2) is 11.8 Å². The molecule has 1 aromatic rings. The van der Waals surface area contributed by atoms with E-state index in [0.29, 0.717) is 0 Å². The first-order valence-electron chi connectivity index (χ1n) is 4.77. The predicted octanol–water partition coefficient (Wildman–Crippen LogP) is 1.07. The fourth-order valence-electron chi connectivity index (χ4n) is 1.73. The van der Waals surface area contributed by atoms with Gasteiger partial charge < -0.3 is 0 Å². The molecule has 0 aliphatic carbocycles. The summed E-state index contributed by atoms with van der Waals surface area (Å²) in [5, 5.41) is 1.31. The van der Waals surface area contributed by atoms with Crippen molar-refractivity contribution in [1.29, 1.82) is 0 Å². The second-order valence-corrected chi connectivity index (χ2v) is 3.79. The average Bonchev–Trinajstić information content (AvgIpc) is 2.43. The van der Waals surface area contributed by atoms with Crippen LogP contribution in [-0.2, 0) is 9.59 Å². The molecule has 1 aromatic carbocycles. The summed E-state index contributed by atoms with van der Waals surface area (Å²) in [5.74, 6) is -0.454. The third-order valence-electron chi connectivity index (χ3n) is 2.26. The molecule has 4 heteroatoms. The van der Waals surface area contributed by atoms with Gasteiger partial charge in [0, 0.05) is 0 Å². The molecule has 0 aromatic heterocycles. The van der Waals surface area contributed by atoms with Crippen molar-refractivity contribution in [2.75, 3.05) is 5.01 Å². The summed E-state index contributed by atoms with van der Waals surface area (Å²) in [6, 6.07) is 5.76. The summed E-state index contributed by atoms with van der Waals surface area (Å²) >= 11 is 0. The van der Waals surface area contributed by atoms with Gasteiger partial charge in [-0.05, 0) is 37.1 Å². The van der Waals surface area contributed by atoms with Crippen LogP contribution < -0.4 is 10.4 Å². The number of rotatable bonds is 1. The molecule has 1 heterocycles. The number of benzene rings is 1. The Morgan fingerprint density at radius 1 is 1.13 bits per heavy atom. The molecule has 4 nitrogen and oxygen atoms in total. The number of nitrogens with zero attached hydrogens (tertiary/aromatic N) is 1. The van der Waals surface area contributed by atoms with Gasteiger partial charge >= 0.3 is 0 Å². The Morgan fingerprint density at radius 3 is 2.20 bits per heavy atom. The Hall–Kier alpha value is -1.84. The van der Waals surface area contributed by atoms with Crippen LogP contribution in [0.3, 0.4) is 0 Å². The van der Waals surface area contributed by atoms with Gasteiger partial charge in [-0.25, -0.2) is 5.01 Å². The van der Waals surface area contributed by atoms with Crippen LogP contribution in [0.4, 0.5) is 5.69 Å². The zero-order chi connectivity index (χ0) is 11.0. The first kappa shape index (κ1) is 9.71. The van der Waals surface area contributed by atoms with Crippen molar-refractivity contribution in [3.63, 3.8) is 0 Å². The SMILES string of the molecule is Cc1cc(C)cc(N2NC(=O)CC2=O)c1. The van der Waals surface area contributed by atoms with E-state index in [4.69, 9.17) is 0 Å². The van der Waals surface area contributed by atoms with Gasteiger partial charge in [0.15, 0.2) is 0 Å². The van der Waals surface area contributed by atoms with Gasteiger partial charge in [-0.3, -0.25) is 15.0 Å². The molecule has 2 amide bonds. The maximum atomic E-state index is 11.5. The van der Waals surface area contributed by atoms with E-state index in [0.717, 1.165) is 16.8 Å². The third kappa shape index (κ3) is 1.83. The van der Waals surface area contributed by atoms with Gasteiger partial charge in [0.25, 0.3) is 5.91 Å². The van der Waals surface area contributed by atoms with Gasteiger partial charge in [0.1, 0.15) is 6.42 Å². The predicted molar refractivity (Wildman–Crippen MR) is 56.2 cm³/mol. The molecule has 0 unspecified atom stereocenters. The van der Waals surface area contributed by atoms with Crippen LogP contribution in [0.1, 0.15) is 17.5 Å². The van der Waals surface area contributed by atoms with Crippen LogP contribution in [0.5, 0.6) is 0 Å².